The van der Waals surface area contributed by atoms with Crippen LogP contribution in [0.2, 0.25) is 23.7 Å². The molecule has 0 saturated carbocycles. The molecular weight excluding hydrogens is 722 g/mol. The van der Waals surface area contributed by atoms with Crippen molar-refractivity contribution in [2.45, 2.75) is 87.5 Å². The molecule has 5 atom stereocenters. The van der Waals surface area contributed by atoms with Gasteiger partial charge in [-0.3, -0.25) is 19.3 Å². The number of aliphatic hydroxyl groups is 1. The number of benzene rings is 3. The van der Waals surface area contributed by atoms with Crippen LogP contribution in [-0.2, 0) is 31.3 Å². The molecule has 286 valence electrons. The van der Waals surface area contributed by atoms with Crippen molar-refractivity contribution in [1.29, 1.82) is 0 Å². The van der Waals surface area contributed by atoms with Crippen molar-refractivity contribution in [3.63, 3.8) is 0 Å². The number of nitrogens with zero attached hydrogens (tertiary/aromatic N) is 4. The Kier molecular flexibility index (Phi) is 9.67. The van der Waals surface area contributed by atoms with Gasteiger partial charge in [0.05, 0.1) is 44.1 Å². The molecule has 5 aliphatic rings. The van der Waals surface area contributed by atoms with E-state index in [0.29, 0.717) is 42.3 Å². The Bertz CT molecular complexity index is 1940. The monoisotopic (exact) mass is 771 g/mol. The lowest BCUT2D eigenvalue weighted by molar-refractivity contribution is -0.150. The van der Waals surface area contributed by atoms with Gasteiger partial charge in [-0.2, -0.15) is 0 Å². The van der Waals surface area contributed by atoms with Crippen LogP contribution < -0.4 is 20.0 Å². The van der Waals surface area contributed by atoms with Crippen LogP contribution in [0, 0.1) is 5.92 Å². The summed E-state index contributed by atoms with van der Waals surface area (Å²) >= 11 is 6.62. The molecule has 5 heterocycles. The minimum atomic E-state index is -3.01. The number of amides is 3. The van der Waals surface area contributed by atoms with Gasteiger partial charge < -0.3 is 34.7 Å². The first-order chi connectivity index (χ1) is 25.9. The average Bonchev–Trinajstić information content (AvgIpc) is 3.88. The molecule has 0 bridgehead atoms. The van der Waals surface area contributed by atoms with Crippen molar-refractivity contribution in [3.8, 4) is 0 Å². The Balaban J connectivity index is 1.11. The summed E-state index contributed by atoms with van der Waals surface area (Å²) in [5.41, 5.74) is 1.42. The smallest absolute Gasteiger partial charge is 0.264 e. The molecule has 0 aliphatic carbocycles. The highest BCUT2D eigenvalue weighted by atomic mass is 35.5. The molecule has 8 rings (SSSR count). The Morgan fingerprint density at radius 1 is 1.00 bits per heavy atom. The Labute approximate surface area is 322 Å². The maximum Gasteiger partial charge on any atom is 0.264 e. The van der Waals surface area contributed by atoms with Crippen LogP contribution in [0.1, 0.15) is 50.2 Å². The number of aliphatic hydroxyl groups excluding tert-OH is 1. The van der Waals surface area contributed by atoms with Gasteiger partial charge in [0.15, 0.2) is 13.9 Å². The predicted molar refractivity (Wildman–Crippen MR) is 211 cm³/mol. The number of nitrogens with one attached hydrogen (secondary N) is 1. The number of ether oxygens (including phenoxy) is 1. The van der Waals surface area contributed by atoms with Gasteiger partial charge in [-0.05, 0) is 99.9 Å². The molecule has 3 aromatic carbocycles. The van der Waals surface area contributed by atoms with Crippen LogP contribution in [0.15, 0.2) is 72.8 Å². The molecule has 4 saturated heterocycles. The van der Waals surface area contributed by atoms with E-state index in [1.54, 1.807) is 21.9 Å². The fraction of sp³-hybridized carbons (Fsp3) is 0.488. The number of rotatable bonds is 8. The first kappa shape index (κ1) is 37.2. The molecule has 3 aromatic rings. The van der Waals surface area contributed by atoms with Crippen molar-refractivity contribution in [2.75, 3.05) is 47.6 Å². The molecule has 0 radical (unpaired) electrons. The van der Waals surface area contributed by atoms with Crippen LogP contribution in [-0.4, -0.2) is 91.4 Å². The zero-order valence-electron chi connectivity index (χ0n) is 31.2. The van der Waals surface area contributed by atoms with Crippen molar-refractivity contribution in [3.05, 3.63) is 88.9 Å². The minimum absolute atomic E-state index is 0.0108. The number of likely N-dealkylation sites (tertiary alicyclic amines) is 1. The largest absolute Gasteiger partial charge is 0.432 e. The number of halogens is 1. The van der Waals surface area contributed by atoms with Crippen molar-refractivity contribution in [2.24, 2.45) is 5.92 Å². The van der Waals surface area contributed by atoms with Crippen LogP contribution in [0.25, 0.3) is 0 Å². The fourth-order valence-electron chi connectivity index (χ4n) is 10.2. The second-order valence-electron chi connectivity index (χ2n) is 16.3. The first-order valence-electron chi connectivity index (χ1n) is 19.3. The third kappa shape index (κ3) is 5.97. The average molecular weight is 772 g/mol. The molecule has 5 aliphatic heterocycles. The van der Waals surface area contributed by atoms with Gasteiger partial charge in [-0.25, -0.2) is 0 Å². The molecule has 4 fully saturated rings. The minimum Gasteiger partial charge on any atom is -0.432 e. The van der Waals surface area contributed by atoms with Gasteiger partial charge >= 0.3 is 0 Å². The van der Waals surface area contributed by atoms with Gasteiger partial charge in [-0.1, -0.05) is 48.9 Å². The second kappa shape index (κ2) is 14.1. The summed E-state index contributed by atoms with van der Waals surface area (Å²) in [5.74, 6) is -0.770. The molecular formula is C41H50ClN5O6Si. The van der Waals surface area contributed by atoms with E-state index in [-0.39, 0.29) is 43.3 Å². The standard InChI is InChI=1S/C41H50ClN5O6Si/c1-27-37(54(2,3)52)35(23-36(49)44-20-8-13-32(44)25-48)53-41(27)33-22-29(42)14-15-34(33)45(39(41)51)24-28-9-7-12-31(21-28)46-26-47(30-10-5-4-6-11-30)40(38(46)50)16-18-43-19-17-40/h4-7,9-12,14-15,21-22,27,32,35,37,43,48,52H,8,13,16-20,23-26H2,1-3H3/t27-,32-,35+,37-,41+/m0/s1. The molecule has 11 nitrogen and oxygen atoms in total. The van der Waals surface area contributed by atoms with Crippen LogP contribution in [0.3, 0.4) is 0 Å². The van der Waals surface area contributed by atoms with E-state index < -0.39 is 37.0 Å². The Morgan fingerprint density at radius 2 is 1.74 bits per heavy atom. The lowest BCUT2D eigenvalue weighted by Gasteiger charge is -2.39. The van der Waals surface area contributed by atoms with E-state index >= 15 is 4.79 Å². The van der Waals surface area contributed by atoms with E-state index in [1.807, 2.05) is 73.4 Å². The number of para-hydroxylation sites is 1. The summed E-state index contributed by atoms with van der Waals surface area (Å²) in [6.07, 6.45) is 2.29. The summed E-state index contributed by atoms with van der Waals surface area (Å²) in [5, 5.41) is 13.8. The first-order valence-corrected chi connectivity index (χ1v) is 22.7. The predicted octanol–water partition coefficient (Wildman–Crippen LogP) is 4.99. The van der Waals surface area contributed by atoms with E-state index in [9.17, 15) is 19.5 Å². The quantitative estimate of drug-likeness (QED) is 0.274. The number of anilines is 3. The van der Waals surface area contributed by atoms with E-state index in [2.05, 4.69) is 22.3 Å². The normalized spacial score (nSPS) is 27.9. The zero-order chi connectivity index (χ0) is 38.0. The maximum absolute atomic E-state index is 15.1. The molecule has 54 heavy (non-hydrogen) atoms. The third-order valence-corrected chi connectivity index (χ3v) is 15.5. The molecule has 2 spiro atoms. The summed E-state index contributed by atoms with van der Waals surface area (Å²) < 4.78 is 6.91. The van der Waals surface area contributed by atoms with E-state index in [1.165, 1.54) is 0 Å². The summed E-state index contributed by atoms with van der Waals surface area (Å²) in [4.78, 5) is 62.5. The number of piperidine rings is 1. The summed E-state index contributed by atoms with van der Waals surface area (Å²) in [6.45, 7) is 8.27. The number of hydrogen-bond donors (Lipinski definition) is 3. The summed E-state index contributed by atoms with van der Waals surface area (Å²) in [7, 11) is -3.01. The number of hydrogen-bond acceptors (Lipinski definition) is 8. The van der Waals surface area contributed by atoms with Crippen molar-refractivity contribution < 1.29 is 29.0 Å². The van der Waals surface area contributed by atoms with Gasteiger partial charge in [0.2, 0.25) is 5.91 Å². The summed E-state index contributed by atoms with van der Waals surface area (Å²) in [6, 6.07) is 23.1. The maximum atomic E-state index is 15.1. The SMILES string of the molecule is C[C@H]1[C@H]([Si](C)(C)O)[C@@H](CC(=O)N2CCC[C@H]2CO)O[C@]12C(=O)N(Cc1cccc(N3CN(c4ccccc4)C4(CCNCC4)C3=O)c1)c1ccc(Cl)cc12. The number of carbonyl (C=O) groups excluding carboxylic acids is 3. The molecule has 0 aromatic heterocycles. The van der Waals surface area contributed by atoms with E-state index in [4.69, 9.17) is 16.3 Å². The lowest BCUT2D eigenvalue weighted by Crippen LogP contribution is -2.55. The van der Waals surface area contributed by atoms with Gasteiger partial charge in [-0.15, -0.1) is 0 Å². The Hall–Kier alpha value is -3.78. The molecule has 13 heteroatoms. The molecule has 0 unspecified atom stereocenters. The van der Waals surface area contributed by atoms with Crippen molar-refractivity contribution >= 4 is 54.7 Å². The van der Waals surface area contributed by atoms with Gasteiger partial charge in [0.25, 0.3) is 11.8 Å². The highest BCUT2D eigenvalue weighted by molar-refractivity contribution is 6.71. The van der Waals surface area contributed by atoms with Crippen molar-refractivity contribution in [1.82, 2.24) is 10.2 Å². The lowest BCUT2D eigenvalue weighted by atomic mass is 9.82. The molecule has 3 N–H and O–H groups in total. The highest BCUT2D eigenvalue weighted by Gasteiger charge is 2.66. The van der Waals surface area contributed by atoms with Crippen LogP contribution in [0.5, 0.6) is 0 Å². The second-order valence-corrected chi connectivity index (χ2v) is 20.7. The number of carbonyl (C=O) groups is 3. The number of fused-ring (bicyclic) bond motifs is 2. The Morgan fingerprint density at radius 3 is 2.46 bits per heavy atom. The van der Waals surface area contributed by atoms with Gasteiger partial charge in [0, 0.05) is 40.0 Å². The van der Waals surface area contributed by atoms with E-state index in [0.717, 1.165) is 42.9 Å². The highest BCUT2D eigenvalue weighted by Crippen LogP contribution is 2.60. The zero-order valence-corrected chi connectivity index (χ0v) is 33.0. The topological polar surface area (TPSA) is 126 Å². The van der Waals surface area contributed by atoms with Crippen LogP contribution >= 0.6 is 11.6 Å². The van der Waals surface area contributed by atoms with Crippen LogP contribution in [0.4, 0.5) is 17.1 Å². The fourth-order valence-corrected chi connectivity index (χ4v) is 12.9. The molecule has 3 amide bonds. The van der Waals surface area contributed by atoms with Gasteiger partial charge in [0.1, 0.15) is 5.54 Å². The third-order valence-electron chi connectivity index (χ3n) is 12.7.